The number of unbranched alkanes of at least 4 members (excludes halogenated alkanes) is 40. The van der Waals surface area contributed by atoms with Crippen LogP contribution in [0.2, 0.25) is 0 Å². The molecule has 0 amide bonds. The van der Waals surface area contributed by atoms with Gasteiger partial charge >= 0.3 is 19.8 Å². The Morgan fingerprint density at radius 1 is 0.383 bits per heavy atom. The lowest BCUT2D eigenvalue weighted by Crippen LogP contribution is -2.29. The Morgan fingerprint density at radius 3 is 1.02 bits per heavy atom. The third kappa shape index (κ3) is 66.5. The quantitative estimate of drug-likeness (QED) is 0.0264. The van der Waals surface area contributed by atoms with Gasteiger partial charge in [-0.1, -0.05) is 311 Å². The first-order chi connectivity index (χ1) is 39.8. The molecule has 3 N–H and O–H groups in total. The average molecular weight is 1160 g/mol. The molecule has 0 saturated heterocycles. The normalized spacial score (nSPS) is 13.4. The van der Waals surface area contributed by atoms with Gasteiger partial charge < -0.3 is 20.1 Å². The van der Waals surface area contributed by atoms with Crippen molar-refractivity contribution in [2.24, 2.45) is 5.73 Å². The molecule has 0 rings (SSSR count). The summed E-state index contributed by atoms with van der Waals surface area (Å²) in [6.45, 7) is 3.67. The zero-order valence-electron chi connectivity index (χ0n) is 53.0. The average Bonchev–Trinajstić information content (AvgIpc) is 3.46. The fourth-order valence-corrected chi connectivity index (χ4v) is 10.8. The Hall–Kier alpha value is -2.55. The van der Waals surface area contributed by atoms with Crippen LogP contribution < -0.4 is 5.73 Å². The molecule has 0 radical (unpaired) electrons. The van der Waals surface area contributed by atoms with Crippen molar-refractivity contribution in [1.29, 1.82) is 0 Å². The van der Waals surface area contributed by atoms with Gasteiger partial charge in [-0.2, -0.15) is 0 Å². The Labute approximate surface area is 501 Å². The Balaban J connectivity index is 3.84. The van der Waals surface area contributed by atoms with E-state index in [1.807, 2.05) is 0 Å². The highest BCUT2D eigenvalue weighted by Crippen LogP contribution is 2.43. The summed E-state index contributed by atoms with van der Waals surface area (Å²) in [7, 11) is -4.40. The van der Waals surface area contributed by atoms with Crippen LogP contribution in [0.3, 0.4) is 0 Å². The number of nitrogens with two attached hydrogens (primary N) is 1. The largest absolute Gasteiger partial charge is 0.472 e. The summed E-state index contributed by atoms with van der Waals surface area (Å²) in [6, 6.07) is 0. The highest BCUT2D eigenvalue weighted by Gasteiger charge is 2.26. The molecule has 10 heteroatoms. The van der Waals surface area contributed by atoms with Crippen LogP contribution in [0.5, 0.6) is 0 Å². The molecule has 2 atom stereocenters. The van der Waals surface area contributed by atoms with Gasteiger partial charge in [-0.3, -0.25) is 18.6 Å². The number of hydrogen-bond donors (Lipinski definition) is 2. The predicted molar refractivity (Wildman–Crippen MR) is 349 cm³/mol. The van der Waals surface area contributed by atoms with Crippen molar-refractivity contribution < 1.29 is 37.6 Å². The second-order valence-corrected chi connectivity index (χ2v) is 24.5. The molecular weight excluding hydrogens is 1030 g/mol. The minimum atomic E-state index is -4.40. The lowest BCUT2D eigenvalue weighted by molar-refractivity contribution is -0.161. The summed E-state index contributed by atoms with van der Waals surface area (Å²) in [5, 5.41) is 0. The molecule has 0 aromatic heterocycles. The Kier molecular flexibility index (Phi) is 64.5. The molecule has 2 unspecified atom stereocenters. The van der Waals surface area contributed by atoms with Crippen molar-refractivity contribution in [3.63, 3.8) is 0 Å². The van der Waals surface area contributed by atoms with Crippen LogP contribution in [0, 0.1) is 0 Å². The fourth-order valence-electron chi connectivity index (χ4n) is 10.0. The maximum atomic E-state index is 12.7. The fraction of sp³-hybridized carbons (Fsp3) is 0.803. The summed E-state index contributed by atoms with van der Waals surface area (Å²) in [5.41, 5.74) is 5.40. The first kappa shape index (κ1) is 78.5. The molecule has 472 valence electrons. The monoisotopic (exact) mass is 1160 g/mol. The standard InChI is InChI=1S/C71H130NO8P/c1-3-5-7-9-11-13-15-17-19-21-23-25-27-29-30-31-32-33-34-35-36-37-38-40-41-43-45-47-49-51-53-55-57-59-61-63-70(73)77-67-69(68-79-81(75,76)78-66-65-72)80-71(74)64-62-60-58-56-54-52-50-48-46-44-42-39-28-26-24-22-20-18-16-14-12-10-8-6-4-2/h6,8,12,14,18,20-21,23-24,26,39,42,69H,3-5,7,9-11,13,15-17,19,22,25,27-38,40-41,43-68,72H2,1-2H3,(H,75,76)/b8-6-,14-12-,20-18-,23-21-,26-24-,42-39-. The molecule has 0 fully saturated rings. The molecule has 0 aliphatic carbocycles. The Morgan fingerprint density at radius 2 is 0.679 bits per heavy atom. The van der Waals surface area contributed by atoms with Crippen LogP contribution >= 0.6 is 7.82 Å². The van der Waals surface area contributed by atoms with E-state index >= 15 is 0 Å². The predicted octanol–water partition coefficient (Wildman–Crippen LogP) is 22.4. The minimum Gasteiger partial charge on any atom is -0.462 e. The number of ether oxygens (including phenoxy) is 2. The van der Waals surface area contributed by atoms with E-state index < -0.39 is 26.5 Å². The van der Waals surface area contributed by atoms with Crippen LogP contribution in [0.15, 0.2) is 72.9 Å². The topological polar surface area (TPSA) is 134 Å². The zero-order valence-corrected chi connectivity index (χ0v) is 53.9. The number of esters is 2. The Bertz CT molecular complexity index is 1560. The van der Waals surface area contributed by atoms with Crippen LogP contribution in [0.25, 0.3) is 0 Å². The van der Waals surface area contributed by atoms with Gasteiger partial charge in [-0.15, -0.1) is 0 Å². The summed E-state index contributed by atoms with van der Waals surface area (Å²) in [6.07, 6.45) is 87.1. The lowest BCUT2D eigenvalue weighted by atomic mass is 10.0. The second kappa shape index (κ2) is 66.6. The maximum Gasteiger partial charge on any atom is 0.472 e. The molecule has 81 heavy (non-hydrogen) atoms. The summed E-state index contributed by atoms with van der Waals surface area (Å²) >= 11 is 0. The second-order valence-electron chi connectivity index (χ2n) is 23.0. The molecule has 9 nitrogen and oxygen atoms in total. The van der Waals surface area contributed by atoms with Gasteiger partial charge in [0, 0.05) is 19.4 Å². The van der Waals surface area contributed by atoms with Crippen molar-refractivity contribution in [2.75, 3.05) is 26.4 Å². The lowest BCUT2D eigenvalue weighted by Gasteiger charge is -2.19. The van der Waals surface area contributed by atoms with E-state index in [1.54, 1.807) is 0 Å². The molecule has 0 heterocycles. The number of allylic oxidation sites excluding steroid dienone is 12. The third-order valence-corrected chi connectivity index (χ3v) is 16.1. The molecule has 0 aliphatic rings. The number of rotatable bonds is 65. The van der Waals surface area contributed by atoms with Crippen molar-refractivity contribution in [3.05, 3.63) is 72.9 Å². The van der Waals surface area contributed by atoms with E-state index in [0.717, 1.165) is 77.0 Å². The molecule has 0 aromatic carbocycles. The van der Waals surface area contributed by atoms with Crippen LogP contribution in [-0.4, -0.2) is 49.3 Å². The van der Waals surface area contributed by atoms with Crippen LogP contribution in [-0.2, 0) is 32.7 Å². The van der Waals surface area contributed by atoms with Crippen molar-refractivity contribution in [1.82, 2.24) is 0 Å². The molecule has 0 aliphatic heterocycles. The maximum absolute atomic E-state index is 12.7. The number of carbonyl (C=O) groups excluding carboxylic acids is 2. The number of phosphoric acid groups is 1. The SMILES string of the molecule is CC/C=C\C/C=C\C/C=C\C/C=C\C/C=C\CCCCCCCCCCCC(=O)OC(COC(=O)CCCCCCCCCCCCCCCCCCCCCCCCC/C=C\CCCCCCCCCC)COP(=O)(O)OCCN. The highest BCUT2D eigenvalue weighted by atomic mass is 31.2. The smallest absolute Gasteiger partial charge is 0.462 e. The van der Waals surface area contributed by atoms with E-state index in [-0.39, 0.29) is 38.6 Å². The van der Waals surface area contributed by atoms with E-state index in [2.05, 4.69) is 86.8 Å². The summed E-state index contributed by atoms with van der Waals surface area (Å²) in [5.74, 6) is -0.823. The number of hydrogen-bond acceptors (Lipinski definition) is 8. The van der Waals surface area contributed by atoms with Gasteiger partial charge in [0.2, 0.25) is 0 Å². The molecule has 0 spiro atoms. The van der Waals surface area contributed by atoms with Gasteiger partial charge in [0.1, 0.15) is 6.61 Å². The zero-order chi connectivity index (χ0) is 58.7. The van der Waals surface area contributed by atoms with Crippen LogP contribution in [0.1, 0.15) is 335 Å². The van der Waals surface area contributed by atoms with Gasteiger partial charge in [0.15, 0.2) is 6.10 Å². The van der Waals surface area contributed by atoms with E-state index in [9.17, 15) is 19.0 Å². The van der Waals surface area contributed by atoms with Crippen molar-refractivity contribution in [3.8, 4) is 0 Å². The van der Waals surface area contributed by atoms with Gasteiger partial charge in [0.05, 0.1) is 13.2 Å². The van der Waals surface area contributed by atoms with Gasteiger partial charge in [-0.25, -0.2) is 4.57 Å². The van der Waals surface area contributed by atoms with E-state index in [4.69, 9.17) is 24.3 Å². The van der Waals surface area contributed by atoms with Crippen molar-refractivity contribution in [2.45, 2.75) is 341 Å². The first-order valence-electron chi connectivity index (χ1n) is 34.4. The summed E-state index contributed by atoms with van der Waals surface area (Å²) < 4.78 is 33.2. The summed E-state index contributed by atoms with van der Waals surface area (Å²) in [4.78, 5) is 35.3. The van der Waals surface area contributed by atoms with Crippen LogP contribution in [0.4, 0.5) is 0 Å². The number of phosphoric ester groups is 1. The minimum absolute atomic E-state index is 0.0510. The van der Waals surface area contributed by atoms with Gasteiger partial charge in [-0.05, 0) is 83.5 Å². The van der Waals surface area contributed by atoms with Crippen molar-refractivity contribution >= 4 is 19.8 Å². The molecule has 0 bridgehead atoms. The molecule has 0 aromatic rings. The van der Waals surface area contributed by atoms with E-state index in [1.165, 1.54) is 225 Å². The highest BCUT2D eigenvalue weighted by molar-refractivity contribution is 7.47. The number of carbonyl (C=O) groups is 2. The van der Waals surface area contributed by atoms with E-state index in [0.29, 0.717) is 6.42 Å². The van der Waals surface area contributed by atoms with Gasteiger partial charge in [0.25, 0.3) is 0 Å². The molecular formula is C71H130NO8P. The third-order valence-electron chi connectivity index (χ3n) is 15.1. The first-order valence-corrected chi connectivity index (χ1v) is 35.9. The molecule has 0 saturated carbocycles.